The Labute approximate surface area is 141 Å². The van der Waals surface area contributed by atoms with Gasteiger partial charge in [-0.2, -0.15) is 0 Å². The second kappa shape index (κ2) is 8.26. The second-order valence-electron chi connectivity index (χ2n) is 5.57. The van der Waals surface area contributed by atoms with Crippen molar-refractivity contribution in [3.63, 3.8) is 0 Å². The molecule has 0 spiro atoms. The molecule has 3 N–H and O–H groups in total. The van der Waals surface area contributed by atoms with Crippen LogP contribution in [0.25, 0.3) is 11.4 Å². The van der Waals surface area contributed by atoms with Crippen LogP contribution in [-0.2, 0) is 23.2 Å². The van der Waals surface area contributed by atoms with E-state index in [1.807, 2.05) is 24.7 Å². The third kappa shape index (κ3) is 4.20. The number of carbonyl (C=O) groups is 2. The fourth-order valence-corrected chi connectivity index (χ4v) is 2.47. The predicted molar refractivity (Wildman–Crippen MR) is 93.5 cm³/mol. The van der Waals surface area contributed by atoms with Crippen molar-refractivity contribution in [2.24, 2.45) is 7.05 Å². The number of aryl methyl sites for hydroxylation is 1. The van der Waals surface area contributed by atoms with Gasteiger partial charge in [-0.25, -0.2) is 4.98 Å². The molecule has 1 aromatic heterocycles. The van der Waals surface area contributed by atoms with E-state index < -0.39 is 0 Å². The van der Waals surface area contributed by atoms with Crippen LogP contribution < -0.4 is 16.0 Å². The first-order valence-corrected chi connectivity index (χ1v) is 7.80. The first kappa shape index (κ1) is 17.7. The van der Waals surface area contributed by atoms with Crippen LogP contribution in [0, 0.1) is 6.92 Å². The van der Waals surface area contributed by atoms with E-state index in [9.17, 15) is 9.59 Å². The molecule has 128 valence electrons. The van der Waals surface area contributed by atoms with Crippen molar-refractivity contribution >= 4 is 18.1 Å². The lowest BCUT2D eigenvalue weighted by Crippen LogP contribution is -2.21. The van der Waals surface area contributed by atoms with E-state index >= 15 is 0 Å². The van der Waals surface area contributed by atoms with Crippen LogP contribution >= 0.6 is 0 Å². The summed E-state index contributed by atoms with van der Waals surface area (Å²) in [6.45, 7) is 3.21. The molecule has 0 saturated carbocycles. The minimum Gasteiger partial charge on any atom is -0.358 e. The summed E-state index contributed by atoms with van der Waals surface area (Å²) in [5.74, 6) is 1.24. The molecule has 0 aliphatic rings. The molecule has 0 atom stereocenters. The summed E-state index contributed by atoms with van der Waals surface area (Å²) in [5.41, 5.74) is 3.43. The Morgan fingerprint density at radius 1 is 1.38 bits per heavy atom. The van der Waals surface area contributed by atoms with Crippen LogP contribution in [0.4, 0.5) is 5.82 Å². The van der Waals surface area contributed by atoms with Crippen molar-refractivity contribution in [2.75, 3.05) is 18.9 Å². The Balaban J connectivity index is 2.13. The van der Waals surface area contributed by atoms with Crippen molar-refractivity contribution < 1.29 is 9.59 Å². The Morgan fingerprint density at radius 2 is 2.17 bits per heavy atom. The zero-order valence-corrected chi connectivity index (χ0v) is 14.2. The topological polar surface area (TPSA) is 88.1 Å². The zero-order valence-electron chi connectivity index (χ0n) is 14.2. The molecule has 0 aliphatic carbocycles. The van der Waals surface area contributed by atoms with Crippen LogP contribution in [0.1, 0.15) is 17.5 Å². The SMILES string of the molecule is CNCc1ccc(-c2ncc(NC(=O)CCNC=O)n2C)cc1C. The highest BCUT2D eigenvalue weighted by Crippen LogP contribution is 2.23. The molecule has 24 heavy (non-hydrogen) atoms. The van der Waals surface area contributed by atoms with Crippen LogP contribution in [0.15, 0.2) is 24.4 Å². The summed E-state index contributed by atoms with van der Waals surface area (Å²) in [6.07, 6.45) is 2.43. The van der Waals surface area contributed by atoms with E-state index in [4.69, 9.17) is 0 Å². The molecular formula is C17H23N5O2. The number of carbonyl (C=O) groups excluding carboxylic acids is 2. The van der Waals surface area contributed by atoms with E-state index in [1.54, 1.807) is 6.20 Å². The Hall–Kier alpha value is -2.67. The number of hydrogen-bond acceptors (Lipinski definition) is 4. The average Bonchev–Trinajstić information content (AvgIpc) is 2.91. The maximum absolute atomic E-state index is 11.8. The van der Waals surface area contributed by atoms with Crippen molar-refractivity contribution in [1.82, 2.24) is 20.2 Å². The van der Waals surface area contributed by atoms with Gasteiger partial charge in [0.2, 0.25) is 12.3 Å². The maximum Gasteiger partial charge on any atom is 0.227 e. The fourth-order valence-electron chi connectivity index (χ4n) is 2.47. The smallest absolute Gasteiger partial charge is 0.227 e. The van der Waals surface area contributed by atoms with E-state index in [0.717, 1.165) is 17.9 Å². The third-order valence-electron chi connectivity index (χ3n) is 3.80. The minimum absolute atomic E-state index is 0.167. The summed E-state index contributed by atoms with van der Waals surface area (Å²) < 4.78 is 1.84. The van der Waals surface area contributed by atoms with Gasteiger partial charge in [-0.15, -0.1) is 0 Å². The molecule has 0 saturated heterocycles. The quantitative estimate of drug-likeness (QED) is 0.501. The summed E-state index contributed by atoms with van der Waals surface area (Å²) in [6, 6.07) is 6.20. The van der Waals surface area contributed by atoms with Crippen molar-refractivity contribution in [2.45, 2.75) is 19.9 Å². The van der Waals surface area contributed by atoms with Crippen LogP contribution in [0.3, 0.4) is 0 Å². The monoisotopic (exact) mass is 329 g/mol. The van der Waals surface area contributed by atoms with Gasteiger partial charge in [0, 0.05) is 32.1 Å². The Bertz CT molecular complexity index is 724. The molecule has 0 bridgehead atoms. The number of benzene rings is 1. The van der Waals surface area contributed by atoms with Gasteiger partial charge in [0.1, 0.15) is 11.6 Å². The second-order valence-corrected chi connectivity index (χ2v) is 5.57. The predicted octanol–water partition coefficient (Wildman–Crippen LogP) is 1.19. The number of amides is 2. The molecule has 0 fully saturated rings. The maximum atomic E-state index is 11.8. The van der Waals surface area contributed by atoms with Gasteiger partial charge in [-0.3, -0.25) is 9.59 Å². The van der Waals surface area contributed by atoms with Gasteiger partial charge >= 0.3 is 0 Å². The molecule has 0 radical (unpaired) electrons. The van der Waals surface area contributed by atoms with Gasteiger partial charge in [0.25, 0.3) is 0 Å². The molecule has 0 unspecified atom stereocenters. The number of nitrogens with zero attached hydrogens (tertiary/aromatic N) is 2. The van der Waals surface area contributed by atoms with Crippen molar-refractivity contribution in [1.29, 1.82) is 0 Å². The molecule has 7 heteroatoms. The van der Waals surface area contributed by atoms with E-state index in [1.165, 1.54) is 11.1 Å². The highest BCUT2D eigenvalue weighted by Gasteiger charge is 2.12. The number of aromatic nitrogens is 2. The Kier molecular flexibility index (Phi) is 6.08. The highest BCUT2D eigenvalue weighted by atomic mass is 16.2. The first-order chi connectivity index (χ1) is 11.6. The number of nitrogens with one attached hydrogen (secondary N) is 3. The normalized spacial score (nSPS) is 10.5. The van der Waals surface area contributed by atoms with Gasteiger partial charge in [-0.05, 0) is 31.2 Å². The van der Waals surface area contributed by atoms with Gasteiger partial charge < -0.3 is 20.5 Å². The summed E-state index contributed by atoms with van der Waals surface area (Å²) in [4.78, 5) is 26.4. The zero-order chi connectivity index (χ0) is 17.5. The van der Waals surface area contributed by atoms with Gasteiger partial charge in [-0.1, -0.05) is 12.1 Å². The number of hydrogen-bond donors (Lipinski definition) is 3. The van der Waals surface area contributed by atoms with Crippen LogP contribution in [0.5, 0.6) is 0 Å². The van der Waals surface area contributed by atoms with E-state index in [-0.39, 0.29) is 12.3 Å². The lowest BCUT2D eigenvalue weighted by Gasteiger charge is -2.10. The van der Waals surface area contributed by atoms with Crippen LogP contribution in [-0.4, -0.2) is 35.5 Å². The number of anilines is 1. The number of imidazole rings is 1. The molecule has 7 nitrogen and oxygen atoms in total. The van der Waals surface area contributed by atoms with Crippen molar-refractivity contribution in [3.05, 3.63) is 35.5 Å². The average molecular weight is 329 g/mol. The highest BCUT2D eigenvalue weighted by molar-refractivity contribution is 5.90. The molecule has 1 heterocycles. The summed E-state index contributed by atoms with van der Waals surface area (Å²) >= 11 is 0. The molecule has 1 aromatic carbocycles. The lowest BCUT2D eigenvalue weighted by molar-refractivity contribution is -0.116. The standard InChI is InChI=1S/C17H23N5O2/c1-12-8-13(4-5-14(12)9-18-2)17-20-10-15(22(17)3)21-16(24)6-7-19-11-23/h4-5,8,10-11,18H,6-7,9H2,1-3H3,(H,19,23)(H,21,24). The molecule has 2 amide bonds. The molecule has 2 rings (SSSR count). The van der Waals surface area contributed by atoms with Crippen molar-refractivity contribution in [3.8, 4) is 11.4 Å². The molecule has 2 aromatic rings. The van der Waals surface area contributed by atoms with Crippen LogP contribution in [0.2, 0.25) is 0 Å². The fraction of sp³-hybridized carbons (Fsp3) is 0.353. The first-order valence-electron chi connectivity index (χ1n) is 7.80. The largest absolute Gasteiger partial charge is 0.358 e. The summed E-state index contributed by atoms with van der Waals surface area (Å²) in [5, 5.41) is 8.41. The Morgan fingerprint density at radius 3 is 2.83 bits per heavy atom. The van der Waals surface area contributed by atoms with E-state index in [2.05, 4.69) is 40.0 Å². The molecule has 0 aliphatic heterocycles. The third-order valence-corrected chi connectivity index (χ3v) is 3.80. The molecular weight excluding hydrogens is 306 g/mol. The number of rotatable bonds is 8. The minimum atomic E-state index is -0.167. The van der Waals surface area contributed by atoms with E-state index in [0.29, 0.717) is 18.8 Å². The van der Waals surface area contributed by atoms with Gasteiger partial charge in [0.05, 0.1) is 6.20 Å². The van der Waals surface area contributed by atoms with Gasteiger partial charge in [0.15, 0.2) is 0 Å². The lowest BCUT2D eigenvalue weighted by atomic mass is 10.0. The summed E-state index contributed by atoms with van der Waals surface area (Å²) in [7, 11) is 3.78.